The predicted octanol–water partition coefficient (Wildman–Crippen LogP) is 3.49. The van der Waals surface area contributed by atoms with E-state index in [0.717, 1.165) is 24.0 Å². The summed E-state index contributed by atoms with van der Waals surface area (Å²) in [6.07, 6.45) is 1.77. The Hall–Kier alpha value is -2.18. The van der Waals surface area contributed by atoms with Gasteiger partial charge in [-0.05, 0) is 49.6 Å². The van der Waals surface area contributed by atoms with Gasteiger partial charge in [-0.2, -0.15) is 4.31 Å². The number of hydrogen-bond donors (Lipinski definition) is 0. The van der Waals surface area contributed by atoms with E-state index in [1.54, 1.807) is 23.5 Å². The molecule has 1 aliphatic carbocycles. The highest BCUT2D eigenvalue weighted by Crippen LogP contribution is 2.48. The number of methoxy groups -OCH3 is 1. The van der Waals surface area contributed by atoms with Gasteiger partial charge < -0.3 is 4.74 Å². The summed E-state index contributed by atoms with van der Waals surface area (Å²) >= 11 is 0. The van der Waals surface area contributed by atoms with E-state index in [1.807, 2.05) is 43.3 Å². The van der Waals surface area contributed by atoms with Crippen molar-refractivity contribution in [3.05, 3.63) is 59.7 Å². The molecule has 0 amide bonds. The third-order valence-electron chi connectivity index (χ3n) is 5.73. The van der Waals surface area contributed by atoms with Crippen LogP contribution in [0.1, 0.15) is 36.4 Å². The van der Waals surface area contributed by atoms with Crippen LogP contribution < -0.4 is 4.74 Å². The number of hydrogen-bond acceptors (Lipinski definition) is 4. The molecule has 0 spiro atoms. The monoisotopic (exact) mass is 385 g/mol. The molecule has 27 heavy (non-hydrogen) atoms. The zero-order valence-corrected chi connectivity index (χ0v) is 16.3. The van der Waals surface area contributed by atoms with Crippen molar-refractivity contribution in [3.8, 4) is 5.75 Å². The number of aryl methyl sites for hydroxylation is 1. The smallest absolute Gasteiger partial charge is 0.243 e. The van der Waals surface area contributed by atoms with Gasteiger partial charge in [0.05, 0.1) is 18.0 Å². The first-order valence-corrected chi connectivity index (χ1v) is 10.6. The molecule has 2 heterocycles. The molecule has 2 aromatic rings. The van der Waals surface area contributed by atoms with Crippen molar-refractivity contribution in [1.82, 2.24) is 4.31 Å². The number of ether oxygens (including phenoxy) is 1. The second-order valence-electron chi connectivity index (χ2n) is 7.37. The quantitative estimate of drug-likeness (QED) is 0.808. The van der Waals surface area contributed by atoms with E-state index < -0.39 is 16.1 Å². The average molecular weight is 385 g/mol. The van der Waals surface area contributed by atoms with Gasteiger partial charge in [-0.1, -0.05) is 29.8 Å². The summed E-state index contributed by atoms with van der Waals surface area (Å²) in [6.45, 7) is 1.93. The van der Waals surface area contributed by atoms with Crippen molar-refractivity contribution in [3.63, 3.8) is 0 Å². The Labute approximate surface area is 160 Å². The number of fused-ring (bicyclic) bond motifs is 3. The van der Waals surface area contributed by atoms with E-state index in [0.29, 0.717) is 12.2 Å². The number of ketones is 1. The fourth-order valence-electron chi connectivity index (χ4n) is 4.33. The maximum atomic E-state index is 13.5. The van der Waals surface area contributed by atoms with Crippen molar-refractivity contribution in [2.24, 2.45) is 5.92 Å². The van der Waals surface area contributed by atoms with E-state index in [4.69, 9.17) is 4.74 Å². The van der Waals surface area contributed by atoms with Crippen LogP contribution in [0.25, 0.3) is 0 Å². The molecule has 3 aliphatic rings. The number of carbonyl (C=O) groups is 1. The Morgan fingerprint density at radius 3 is 2.26 bits per heavy atom. The maximum Gasteiger partial charge on any atom is 0.243 e. The van der Waals surface area contributed by atoms with Crippen LogP contribution in [0.5, 0.6) is 5.75 Å². The third-order valence-corrected chi connectivity index (χ3v) is 7.68. The number of piperidine rings is 2. The summed E-state index contributed by atoms with van der Waals surface area (Å²) < 4.78 is 33.8. The fraction of sp³-hybridized carbons (Fsp3) is 0.381. The molecular formula is C21H23NO4S. The van der Waals surface area contributed by atoms with Gasteiger partial charge in [0.25, 0.3) is 0 Å². The third kappa shape index (κ3) is 3.07. The number of rotatable bonds is 4. The fourth-order valence-corrected chi connectivity index (χ4v) is 6.20. The Morgan fingerprint density at radius 1 is 1.00 bits per heavy atom. The summed E-state index contributed by atoms with van der Waals surface area (Å²) in [7, 11) is -2.10. The van der Waals surface area contributed by atoms with Crippen LogP contribution in [0.2, 0.25) is 0 Å². The number of sulfonamides is 1. The summed E-state index contributed by atoms with van der Waals surface area (Å²) in [6, 6.07) is 13.6. The Kier molecular flexibility index (Phi) is 4.56. The van der Waals surface area contributed by atoms with Gasteiger partial charge in [0.1, 0.15) is 11.5 Å². The second-order valence-corrected chi connectivity index (χ2v) is 9.22. The molecule has 0 N–H and O–H groups in total. The molecule has 0 unspecified atom stereocenters. The highest BCUT2D eigenvalue weighted by molar-refractivity contribution is 7.89. The SMILES string of the molecule is COc1ccc([C@@H]2[C@@H]3CC[C@@H](CC3=O)N2S(=O)(=O)c2ccc(C)cc2)cc1. The molecule has 2 saturated heterocycles. The largest absolute Gasteiger partial charge is 0.497 e. The summed E-state index contributed by atoms with van der Waals surface area (Å²) in [5.41, 5.74) is 1.85. The lowest BCUT2D eigenvalue weighted by atomic mass is 9.73. The first kappa shape index (κ1) is 18.2. The van der Waals surface area contributed by atoms with E-state index in [1.165, 1.54) is 0 Å². The van der Waals surface area contributed by atoms with Crippen LogP contribution >= 0.6 is 0 Å². The molecule has 0 radical (unpaired) electrons. The van der Waals surface area contributed by atoms with Gasteiger partial charge in [-0.25, -0.2) is 8.42 Å². The lowest BCUT2D eigenvalue weighted by molar-refractivity contribution is -0.133. The van der Waals surface area contributed by atoms with E-state index in [9.17, 15) is 13.2 Å². The average Bonchev–Trinajstić information content (AvgIpc) is 2.68. The van der Waals surface area contributed by atoms with Crippen LogP contribution in [-0.2, 0) is 14.8 Å². The molecule has 2 bridgehead atoms. The van der Waals surface area contributed by atoms with E-state index in [2.05, 4.69) is 0 Å². The van der Waals surface area contributed by atoms with Crippen molar-refractivity contribution in [2.45, 2.75) is 43.2 Å². The molecule has 1 saturated carbocycles. The van der Waals surface area contributed by atoms with Gasteiger partial charge in [-0.15, -0.1) is 0 Å². The van der Waals surface area contributed by atoms with Crippen molar-refractivity contribution in [2.75, 3.05) is 7.11 Å². The zero-order chi connectivity index (χ0) is 19.2. The highest BCUT2D eigenvalue weighted by atomic mass is 32.2. The predicted molar refractivity (Wildman–Crippen MR) is 102 cm³/mol. The summed E-state index contributed by atoms with van der Waals surface area (Å²) in [5, 5.41) is 0. The lowest BCUT2D eigenvalue weighted by Crippen LogP contribution is -2.56. The second kappa shape index (κ2) is 6.77. The Balaban J connectivity index is 1.80. The van der Waals surface area contributed by atoms with Gasteiger partial charge in [0, 0.05) is 18.4 Å². The Bertz CT molecular complexity index is 951. The first-order valence-electron chi connectivity index (χ1n) is 9.18. The standard InChI is InChI=1S/C21H23NO4S/c1-14-3-10-18(11-4-14)27(24,25)22-16-7-12-19(20(23)13-16)21(22)15-5-8-17(26-2)9-6-15/h3-6,8-11,16,19,21H,7,12-13H2,1-2H3/t16-,19+,21+/m0/s1. The number of benzene rings is 2. The van der Waals surface area contributed by atoms with Crippen molar-refractivity contribution < 1.29 is 17.9 Å². The van der Waals surface area contributed by atoms with E-state index >= 15 is 0 Å². The van der Waals surface area contributed by atoms with Gasteiger partial charge in [0.15, 0.2) is 0 Å². The lowest BCUT2D eigenvalue weighted by Gasteiger charge is -2.49. The topological polar surface area (TPSA) is 63.7 Å². The molecule has 3 fully saturated rings. The molecule has 2 aromatic carbocycles. The highest BCUT2D eigenvalue weighted by Gasteiger charge is 2.52. The number of Topliss-reactive ketones (excluding diaryl/α,β-unsaturated/α-hetero) is 1. The molecule has 3 atom stereocenters. The molecule has 2 aliphatic heterocycles. The van der Waals surface area contributed by atoms with Crippen molar-refractivity contribution >= 4 is 15.8 Å². The minimum absolute atomic E-state index is 0.169. The van der Waals surface area contributed by atoms with E-state index in [-0.39, 0.29) is 22.6 Å². The van der Waals surface area contributed by atoms with Crippen molar-refractivity contribution in [1.29, 1.82) is 0 Å². The van der Waals surface area contributed by atoms with Crippen LogP contribution in [0.3, 0.4) is 0 Å². The molecule has 0 aromatic heterocycles. The van der Waals surface area contributed by atoms with Crippen LogP contribution in [0.15, 0.2) is 53.4 Å². The summed E-state index contributed by atoms with van der Waals surface area (Å²) in [4.78, 5) is 12.9. The summed E-state index contributed by atoms with van der Waals surface area (Å²) in [5.74, 6) is 0.588. The normalized spacial score (nSPS) is 25.6. The zero-order valence-electron chi connectivity index (χ0n) is 15.5. The van der Waals surface area contributed by atoms with Gasteiger partial charge in [-0.3, -0.25) is 4.79 Å². The van der Waals surface area contributed by atoms with Crippen LogP contribution in [0, 0.1) is 12.8 Å². The minimum Gasteiger partial charge on any atom is -0.497 e. The maximum absolute atomic E-state index is 13.5. The number of carbonyl (C=O) groups excluding carboxylic acids is 1. The van der Waals surface area contributed by atoms with Crippen LogP contribution in [0.4, 0.5) is 0 Å². The molecular weight excluding hydrogens is 362 g/mol. The minimum atomic E-state index is -3.70. The number of nitrogens with zero attached hydrogens (tertiary/aromatic N) is 1. The van der Waals surface area contributed by atoms with Crippen LogP contribution in [-0.4, -0.2) is 31.7 Å². The molecule has 142 valence electrons. The van der Waals surface area contributed by atoms with Gasteiger partial charge in [0.2, 0.25) is 10.0 Å². The molecule has 6 heteroatoms. The molecule has 5 nitrogen and oxygen atoms in total. The Morgan fingerprint density at radius 2 is 1.67 bits per heavy atom. The molecule has 5 rings (SSSR count). The van der Waals surface area contributed by atoms with Gasteiger partial charge >= 0.3 is 0 Å². The first-order chi connectivity index (χ1) is 12.9.